The van der Waals surface area contributed by atoms with Crippen molar-refractivity contribution >= 4 is 5.57 Å². The van der Waals surface area contributed by atoms with E-state index in [1.807, 2.05) is 31.2 Å². The first-order valence-corrected chi connectivity index (χ1v) is 4.28. The zero-order valence-corrected chi connectivity index (χ0v) is 8.03. The maximum atomic E-state index is 10.7. The van der Waals surface area contributed by atoms with Crippen molar-refractivity contribution in [2.45, 2.75) is 6.92 Å². The van der Waals surface area contributed by atoms with Gasteiger partial charge in [-0.15, -0.1) is 0 Å². The largest absolute Gasteiger partial charge is 0.268 e. The highest BCUT2D eigenvalue weighted by Crippen LogP contribution is 2.07. The van der Waals surface area contributed by atoms with Crippen molar-refractivity contribution in [3.05, 3.63) is 59.1 Å². The van der Waals surface area contributed by atoms with Crippen LogP contribution in [0.5, 0.6) is 0 Å². The maximum absolute atomic E-state index is 10.7. The van der Waals surface area contributed by atoms with Gasteiger partial charge in [-0.3, -0.25) is 4.79 Å². The number of rotatable bonds is 3. The van der Waals surface area contributed by atoms with Crippen LogP contribution in [0.4, 0.5) is 0 Å². The van der Waals surface area contributed by atoms with E-state index in [9.17, 15) is 4.79 Å². The standard InChI is InChI=1S/C11H12N2O/c1-3-4-5-6-9(2)10-7-8-11(14)13-12-10/h3-8H,2H2,1H3,(H,13,14)/b4-3-,6-5-. The molecule has 72 valence electrons. The second-order valence-electron chi connectivity index (χ2n) is 2.72. The smallest absolute Gasteiger partial charge is 0.264 e. The van der Waals surface area contributed by atoms with Crippen LogP contribution in [0.1, 0.15) is 12.6 Å². The molecule has 0 aliphatic rings. The molecule has 0 aliphatic carbocycles. The van der Waals surface area contributed by atoms with E-state index in [2.05, 4.69) is 16.8 Å². The molecule has 1 rings (SSSR count). The zero-order chi connectivity index (χ0) is 10.4. The molecule has 14 heavy (non-hydrogen) atoms. The van der Waals surface area contributed by atoms with E-state index in [0.717, 1.165) is 5.57 Å². The summed E-state index contributed by atoms with van der Waals surface area (Å²) < 4.78 is 0. The summed E-state index contributed by atoms with van der Waals surface area (Å²) >= 11 is 0. The summed E-state index contributed by atoms with van der Waals surface area (Å²) in [5.74, 6) is 0. The number of nitrogens with zero attached hydrogens (tertiary/aromatic N) is 1. The van der Waals surface area contributed by atoms with Gasteiger partial charge in [0.25, 0.3) is 5.56 Å². The molecule has 0 aliphatic heterocycles. The maximum Gasteiger partial charge on any atom is 0.264 e. The van der Waals surface area contributed by atoms with Crippen LogP contribution in [0.25, 0.3) is 5.57 Å². The van der Waals surface area contributed by atoms with E-state index in [1.165, 1.54) is 6.07 Å². The Balaban J connectivity index is 2.80. The van der Waals surface area contributed by atoms with Gasteiger partial charge in [0, 0.05) is 6.07 Å². The van der Waals surface area contributed by atoms with E-state index in [0.29, 0.717) is 5.69 Å². The number of aromatic nitrogens is 2. The van der Waals surface area contributed by atoms with Crippen LogP contribution in [0, 0.1) is 0 Å². The van der Waals surface area contributed by atoms with E-state index in [-0.39, 0.29) is 5.56 Å². The quantitative estimate of drug-likeness (QED) is 0.736. The summed E-state index contributed by atoms with van der Waals surface area (Å²) in [6, 6.07) is 3.07. The summed E-state index contributed by atoms with van der Waals surface area (Å²) in [4.78, 5) is 10.7. The lowest BCUT2D eigenvalue weighted by atomic mass is 10.2. The lowest BCUT2D eigenvalue weighted by molar-refractivity contribution is 0.973. The summed E-state index contributed by atoms with van der Waals surface area (Å²) in [5.41, 5.74) is 1.23. The van der Waals surface area contributed by atoms with Gasteiger partial charge in [-0.25, -0.2) is 5.10 Å². The Morgan fingerprint density at radius 3 is 2.86 bits per heavy atom. The first kappa shape index (κ1) is 10.2. The van der Waals surface area contributed by atoms with Crippen LogP contribution in [-0.4, -0.2) is 10.2 Å². The van der Waals surface area contributed by atoms with Crippen LogP contribution < -0.4 is 5.56 Å². The Hall–Kier alpha value is -1.90. The molecule has 3 nitrogen and oxygen atoms in total. The molecule has 0 saturated carbocycles. The molecule has 0 bridgehead atoms. The van der Waals surface area contributed by atoms with Gasteiger partial charge in [-0.1, -0.05) is 30.9 Å². The minimum absolute atomic E-state index is 0.209. The van der Waals surface area contributed by atoms with Crippen molar-refractivity contribution in [3.63, 3.8) is 0 Å². The lowest BCUT2D eigenvalue weighted by Gasteiger charge is -1.95. The van der Waals surface area contributed by atoms with Crippen molar-refractivity contribution in [3.8, 4) is 0 Å². The number of allylic oxidation sites excluding steroid dienone is 5. The Morgan fingerprint density at radius 1 is 1.50 bits per heavy atom. The van der Waals surface area contributed by atoms with Gasteiger partial charge in [0.1, 0.15) is 0 Å². The predicted molar refractivity (Wildman–Crippen MR) is 57.8 cm³/mol. The first-order chi connectivity index (χ1) is 6.74. The van der Waals surface area contributed by atoms with Crippen molar-refractivity contribution < 1.29 is 0 Å². The molecule has 0 saturated heterocycles. The number of nitrogens with one attached hydrogen (secondary N) is 1. The molecule has 0 unspecified atom stereocenters. The molecule has 0 spiro atoms. The molecular formula is C11H12N2O. The molecule has 0 fully saturated rings. The van der Waals surface area contributed by atoms with Crippen LogP contribution in [0.2, 0.25) is 0 Å². The van der Waals surface area contributed by atoms with Crippen molar-refractivity contribution in [2.24, 2.45) is 0 Å². The minimum atomic E-state index is -0.209. The number of hydrogen-bond donors (Lipinski definition) is 1. The van der Waals surface area contributed by atoms with E-state index in [4.69, 9.17) is 0 Å². The average Bonchev–Trinajstić information content (AvgIpc) is 2.19. The summed E-state index contributed by atoms with van der Waals surface area (Å²) in [6.07, 6.45) is 7.52. The van der Waals surface area contributed by atoms with Crippen LogP contribution in [0.15, 0.2) is 47.8 Å². The third-order valence-electron chi connectivity index (χ3n) is 1.61. The van der Waals surface area contributed by atoms with Gasteiger partial charge in [0.2, 0.25) is 0 Å². The molecule has 1 N–H and O–H groups in total. The number of hydrogen-bond acceptors (Lipinski definition) is 2. The molecule has 0 atom stereocenters. The van der Waals surface area contributed by atoms with Gasteiger partial charge < -0.3 is 0 Å². The molecule has 1 aromatic heterocycles. The van der Waals surface area contributed by atoms with Crippen LogP contribution in [0.3, 0.4) is 0 Å². The van der Waals surface area contributed by atoms with Gasteiger partial charge >= 0.3 is 0 Å². The molecular weight excluding hydrogens is 176 g/mol. The Labute approximate surface area is 82.5 Å². The highest BCUT2D eigenvalue weighted by atomic mass is 16.1. The molecule has 3 heteroatoms. The predicted octanol–water partition coefficient (Wildman–Crippen LogP) is 1.92. The summed E-state index contributed by atoms with van der Waals surface area (Å²) in [5, 5.41) is 6.20. The molecule has 0 amide bonds. The first-order valence-electron chi connectivity index (χ1n) is 4.28. The number of aromatic amines is 1. The summed E-state index contributed by atoms with van der Waals surface area (Å²) in [6.45, 7) is 5.76. The fourth-order valence-electron chi connectivity index (χ4n) is 0.892. The average molecular weight is 188 g/mol. The Kier molecular flexibility index (Phi) is 3.61. The molecule has 0 radical (unpaired) electrons. The summed E-state index contributed by atoms with van der Waals surface area (Å²) in [7, 11) is 0. The van der Waals surface area contributed by atoms with Crippen molar-refractivity contribution in [1.29, 1.82) is 0 Å². The fraction of sp³-hybridized carbons (Fsp3) is 0.0909. The van der Waals surface area contributed by atoms with Crippen LogP contribution >= 0.6 is 0 Å². The third kappa shape index (κ3) is 2.86. The van der Waals surface area contributed by atoms with Gasteiger partial charge in [0.15, 0.2) is 0 Å². The zero-order valence-electron chi connectivity index (χ0n) is 8.03. The second kappa shape index (κ2) is 4.97. The normalized spacial score (nSPS) is 11.2. The fourth-order valence-corrected chi connectivity index (χ4v) is 0.892. The highest BCUT2D eigenvalue weighted by molar-refractivity contribution is 5.69. The van der Waals surface area contributed by atoms with Crippen molar-refractivity contribution in [2.75, 3.05) is 0 Å². The van der Waals surface area contributed by atoms with Crippen LogP contribution in [-0.2, 0) is 0 Å². The van der Waals surface area contributed by atoms with E-state index < -0.39 is 0 Å². The minimum Gasteiger partial charge on any atom is -0.268 e. The van der Waals surface area contributed by atoms with Gasteiger partial charge in [0.05, 0.1) is 5.69 Å². The SMILES string of the molecule is C=C(/C=C\C=C/C)c1ccc(=O)[nH]n1. The molecule has 0 aromatic carbocycles. The molecule has 1 aromatic rings. The number of H-pyrrole nitrogens is 1. The third-order valence-corrected chi connectivity index (χ3v) is 1.61. The highest BCUT2D eigenvalue weighted by Gasteiger charge is 1.94. The van der Waals surface area contributed by atoms with Crippen molar-refractivity contribution in [1.82, 2.24) is 10.2 Å². The second-order valence-corrected chi connectivity index (χ2v) is 2.72. The van der Waals surface area contributed by atoms with E-state index in [1.54, 1.807) is 6.07 Å². The topological polar surface area (TPSA) is 45.8 Å². The Morgan fingerprint density at radius 2 is 2.29 bits per heavy atom. The van der Waals surface area contributed by atoms with Gasteiger partial charge in [-0.2, -0.15) is 5.10 Å². The van der Waals surface area contributed by atoms with E-state index >= 15 is 0 Å². The Bertz CT molecular complexity index is 407. The molecule has 1 heterocycles. The lowest BCUT2D eigenvalue weighted by Crippen LogP contribution is -2.06. The van der Waals surface area contributed by atoms with Gasteiger partial charge in [-0.05, 0) is 18.6 Å². The monoisotopic (exact) mass is 188 g/mol.